The Morgan fingerprint density at radius 2 is 2.31 bits per heavy atom. The average Bonchev–Trinajstić information content (AvgIpc) is 2.63. The fraction of sp³-hybridized carbons (Fsp3) is 0.500. The SMILES string of the molecule is NCC(O)c1cncc2c1CCC2. The van der Waals surface area contributed by atoms with E-state index in [1.54, 1.807) is 6.20 Å². The highest BCUT2D eigenvalue weighted by atomic mass is 16.3. The molecule has 0 aliphatic heterocycles. The topological polar surface area (TPSA) is 59.1 Å². The van der Waals surface area contributed by atoms with Crippen molar-refractivity contribution in [3.05, 3.63) is 29.1 Å². The van der Waals surface area contributed by atoms with Crippen molar-refractivity contribution < 1.29 is 5.11 Å². The third-order valence-electron chi connectivity index (χ3n) is 2.64. The van der Waals surface area contributed by atoms with Crippen molar-refractivity contribution in [1.29, 1.82) is 0 Å². The van der Waals surface area contributed by atoms with Crippen molar-refractivity contribution in [2.45, 2.75) is 25.4 Å². The van der Waals surface area contributed by atoms with Gasteiger partial charge in [0.1, 0.15) is 0 Å². The molecule has 1 unspecified atom stereocenters. The summed E-state index contributed by atoms with van der Waals surface area (Å²) in [5, 5.41) is 9.63. The van der Waals surface area contributed by atoms with Gasteiger partial charge in [0.05, 0.1) is 6.10 Å². The molecule has 0 saturated heterocycles. The highest BCUT2D eigenvalue weighted by molar-refractivity contribution is 5.36. The fourth-order valence-corrected chi connectivity index (χ4v) is 1.94. The Hall–Kier alpha value is -0.930. The van der Waals surface area contributed by atoms with Crippen molar-refractivity contribution >= 4 is 0 Å². The number of aliphatic hydroxyl groups excluding tert-OH is 1. The first-order chi connectivity index (χ1) is 6.33. The van der Waals surface area contributed by atoms with Crippen LogP contribution in [0, 0.1) is 0 Å². The first kappa shape index (κ1) is 8.66. The van der Waals surface area contributed by atoms with Crippen LogP contribution in [-0.4, -0.2) is 16.6 Å². The predicted molar refractivity (Wildman–Crippen MR) is 50.3 cm³/mol. The number of nitrogens with two attached hydrogens (primary N) is 1. The van der Waals surface area contributed by atoms with E-state index in [0.717, 1.165) is 18.4 Å². The van der Waals surface area contributed by atoms with Gasteiger partial charge in [-0.15, -0.1) is 0 Å². The zero-order chi connectivity index (χ0) is 9.26. The molecule has 3 N–H and O–H groups in total. The summed E-state index contributed by atoms with van der Waals surface area (Å²) in [5.41, 5.74) is 8.90. The molecule has 13 heavy (non-hydrogen) atoms. The van der Waals surface area contributed by atoms with Crippen LogP contribution in [0.3, 0.4) is 0 Å². The van der Waals surface area contributed by atoms with Gasteiger partial charge in [-0.2, -0.15) is 0 Å². The summed E-state index contributed by atoms with van der Waals surface area (Å²) in [5.74, 6) is 0. The maximum absolute atomic E-state index is 9.63. The lowest BCUT2D eigenvalue weighted by atomic mass is 10.0. The number of nitrogens with zero attached hydrogens (tertiary/aromatic N) is 1. The van der Waals surface area contributed by atoms with Crippen LogP contribution in [0.25, 0.3) is 0 Å². The maximum Gasteiger partial charge on any atom is 0.0929 e. The van der Waals surface area contributed by atoms with Crippen LogP contribution in [0.1, 0.15) is 29.2 Å². The minimum Gasteiger partial charge on any atom is -0.387 e. The standard InChI is InChI=1S/C10H14N2O/c11-4-10(13)9-6-12-5-7-2-1-3-8(7)9/h5-6,10,13H,1-4,11H2. The molecule has 70 valence electrons. The number of fused-ring (bicyclic) bond motifs is 1. The number of hydrogen-bond donors (Lipinski definition) is 2. The van der Waals surface area contributed by atoms with E-state index < -0.39 is 6.10 Å². The summed E-state index contributed by atoms with van der Waals surface area (Å²) in [7, 11) is 0. The Balaban J connectivity index is 2.41. The Kier molecular flexibility index (Phi) is 2.29. The van der Waals surface area contributed by atoms with Gasteiger partial charge in [0, 0.05) is 24.5 Å². The number of pyridine rings is 1. The summed E-state index contributed by atoms with van der Waals surface area (Å²) >= 11 is 0. The van der Waals surface area contributed by atoms with Gasteiger partial charge in [-0.05, 0) is 30.4 Å². The molecule has 0 aromatic carbocycles. The molecule has 2 rings (SSSR count). The lowest BCUT2D eigenvalue weighted by molar-refractivity contribution is 0.185. The molecule has 1 heterocycles. The van der Waals surface area contributed by atoms with E-state index in [-0.39, 0.29) is 6.54 Å². The van der Waals surface area contributed by atoms with Crippen LogP contribution < -0.4 is 5.73 Å². The second-order valence-electron chi connectivity index (χ2n) is 3.47. The van der Waals surface area contributed by atoms with E-state index in [1.165, 1.54) is 17.5 Å². The molecule has 0 spiro atoms. The van der Waals surface area contributed by atoms with Gasteiger partial charge in [-0.3, -0.25) is 4.98 Å². The monoisotopic (exact) mass is 178 g/mol. The molecule has 0 fully saturated rings. The fourth-order valence-electron chi connectivity index (χ4n) is 1.94. The van der Waals surface area contributed by atoms with Gasteiger partial charge in [0.2, 0.25) is 0 Å². The normalized spacial score (nSPS) is 17.1. The van der Waals surface area contributed by atoms with Gasteiger partial charge in [0.25, 0.3) is 0 Å². The van der Waals surface area contributed by atoms with E-state index in [2.05, 4.69) is 4.98 Å². The van der Waals surface area contributed by atoms with Crippen molar-refractivity contribution in [2.24, 2.45) is 5.73 Å². The average molecular weight is 178 g/mol. The van der Waals surface area contributed by atoms with Crippen molar-refractivity contribution in [3.8, 4) is 0 Å². The summed E-state index contributed by atoms with van der Waals surface area (Å²) in [6.45, 7) is 0.276. The lowest BCUT2D eigenvalue weighted by Gasteiger charge is -2.12. The Morgan fingerprint density at radius 3 is 3.08 bits per heavy atom. The molecule has 1 aliphatic rings. The van der Waals surface area contributed by atoms with Crippen LogP contribution in [0.5, 0.6) is 0 Å². The van der Waals surface area contributed by atoms with E-state index in [4.69, 9.17) is 5.73 Å². The van der Waals surface area contributed by atoms with Gasteiger partial charge >= 0.3 is 0 Å². The van der Waals surface area contributed by atoms with Gasteiger partial charge < -0.3 is 10.8 Å². The number of rotatable bonds is 2. The first-order valence-electron chi connectivity index (χ1n) is 4.66. The number of aliphatic hydroxyl groups is 1. The van der Waals surface area contributed by atoms with Crippen molar-refractivity contribution in [1.82, 2.24) is 4.98 Å². The predicted octanol–water partition coefficient (Wildman–Crippen LogP) is 0.562. The minimum absolute atomic E-state index is 0.276. The Labute approximate surface area is 77.6 Å². The van der Waals surface area contributed by atoms with E-state index in [1.807, 2.05) is 6.20 Å². The molecule has 0 radical (unpaired) electrons. The highest BCUT2D eigenvalue weighted by Crippen LogP contribution is 2.27. The van der Waals surface area contributed by atoms with Crippen LogP contribution in [0.15, 0.2) is 12.4 Å². The largest absolute Gasteiger partial charge is 0.387 e. The number of hydrogen-bond acceptors (Lipinski definition) is 3. The molecule has 1 atom stereocenters. The zero-order valence-electron chi connectivity index (χ0n) is 7.53. The van der Waals surface area contributed by atoms with Crippen LogP contribution in [0.2, 0.25) is 0 Å². The molecule has 1 aliphatic carbocycles. The third kappa shape index (κ3) is 1.45. The van der Waals surface area contributed by atoms with Crippen molar-refractivity contribution in [2.75, 3.05) is 6.54 Å². The summed E-state index contributed by atoms with van der Waals surface area (Å²) in [4.78, 5) is 4.11. The zero-order valence-corrected chi connectivity index (χ0v) is 7.53. The maximum atomic E-state index is 9.63. The van der Waals surface area contributed by atoms with Gasteiger partial charge in [0.15, 0.2) is 0 Å². The molecule has 1 aromatic heterocycles. The molecular weight excluding hydrogens is 164 g/mol. The van der Waals surface area contributed by atoms with Crippen molar-refractivity contribution in [3.63, 3.8) is 0 Å². The first-order valence-corrected chi connectivity index (χ1v) is 4.66. The van der Waals surface area contributed by atoms with E-state index >= 15 is 0 Å². The molecule has 1 aromatic rings. The van der Waals surface area contributed by atoms with Crippen LogP contribution in [-0.2, 0) is 12.8 Å². The quantitative estimate of drug-likeness (QED) is 0.695. The molecular formula is C10H14N2O. The smallest absolute Gasteiger partial charge is 0.0929 e. The minimum atomic E-state index is -0.541. The van der Waals surface area contributed by atoms with E-state index in [9.17, 15) is 5.11 Å². The van der Waals surface area contributed by atoms with Gasteiger partial charge in [-0.25, -0.2) is 0 Å². The summed E-state index contributed by atoms with van der Waals surface area (Å²) in [6.07, 6.45) is 6.42. The molecule has 3 nitrogen and oxygen atoms in total. The third-order valence-corrected chi connectivity index (χ3v) is 2.64. The second kappa shape index (κ2) is 3.44. The highest BCUT2D eigenvalue weighted by Gasteiger charge is 2.18. The molecule has 0 amide bonds. The van der Waals surface area contributed by atoms with Gasteiger partial charge in [-0.1, -0.05) is 0 Å². The summed E-state index contributed by atoms with van der Waals surface area (Å²) < 4.78 is 0. The Morgan fingerprint density at radius 1 is 1.46 bits per heavy atom. The molecule has 3 heteroatoms. The lowest BCUT2D eigenvalue weighted by Crippen LogP contribution is -2.13. The molecule has 0 bridgehead atoms. The van der Waals surface area contributed by atoms with Crippen LogP contribution in [0.4, 0.5) is 0 Å². The summed E-state index contributed by atoms with van der Waals surface area (Å²) in [6, 6.07) is 0. The van der Waals surface area contributed by atoms with Crippen LogP contribution >= 0.6 is 0 Å². The molecule has 0 saturated carbocycles. The number of aryl methyl sites for hydroxylation is 1. The Bertz CT molecular complexity index is 312. The number of aromatic nitrogens is 1. The second-order valence-corrected chi connectivity index (χ2v) is 3.47. The van der Waals surface area contributed by atoms with E-state index in [0.29, 0.717) is 0 Å².